The van der Waals surface area contributed by atoms with Gasteiger partial charge >= 0.3 is 0 Å². The Kier molecular flexibility index (Phi) is 7.80. The van der Waals surface area contributed by atoms with Crippen LogP contribution < -0.4 is 4.74 Å². The van der Waals surface area contributed by atoms with Gasteiger partial charge in [-0.25, -0.2) is 19.9 Å². The van der Waals surface area contributed by atoms with Crippen molar-refractivity contribution in [2.24, 2.45) is 0 Å². The van der Waals surface area contributed by atoms with Gasteiger partial charge in [0.05, 0.1) is 18.5 Å². The number of hydrogen-bond acceptors (Lipinski definition) is 6. The largest absolute Gasteiger partial charge is 0.486 e. The van der Waals surface area contributed by atoms with Crippen molar-refractivity contribution >= 4 is 6.08 Å². The van der Waals surface area contributed by atoms with Crippen molar-refractivity contribution in [3.8, 4) is 28.5 Å². The number of benzene rings is 1. The highest BCUT2D eigenvalue weighted by Gasteiger charge is 2.05. The van der Waals surface area contributed by atoms with Gasteiger partial charge in [0, 0.05) is 29.1 Å². The van der Waals surface area contributed by atoms with Gasteiger partial charge in [-0.3, -0.25) is 0 Å². The molecule has 1 N–H and O–H groups in total. The monoisotopic (exact) mass is 402 g/mol. The summed E-state index contributed by atoms with van der Waals surface area (Å²) in [7, 11) is 0. The van der Waals surface area contributed by atoms with Gasteiger partial charge in [0.2, 0.25) is 0 Å². The molecule has 0 aliphatic rings. The van der Waals surface area contributed by atoms with E-state index in [1.165, 1.54) is 0 Å². The highest BCUT2D eigenvalue weighted by Crippen LogP contribution is 2.21. The first kappa shape index (κ1) is 21.3. The molecule has 6 nitrogen and oxygen atoms in total. The maximum Gasteiger partial charge on any atom is 0.159 e. The molecule has 0 radical (unpaired) electrons. The molecule has 6 heteroatoms. The van der Waals surface area contributed by atoms with Crippen LogP contribution in [0.1, 0.15) is 31.7 Å². The van der Waals surface area contributed by atoms with E-state index in [-0.39, 0.29) is 6.10 Å². The summed E-state index contributed by atoms with van der Waals surface area (Å²) in [6.07, 6.45) is 15.2. The second-order valence-electron chi connectivity index (χ2n) is 6.94. The predicted octanol–water partition coefficient (Wildman–Crippen LogP) is 4.73. The lowest BCUT2D eigenvalue weighted by molar-refractivity contribution is 0.182. The second-order valence-corrected chi connectivity index (χ2v) is 6.94. The summed E-state index contributed by atoms with van der Waals surface area (Å²) in [5.74, 6) is 1.91. The van der Waals surface area contributed by atoms with Crippen LogP contribution in [0.15, 0.2) is 67.8 Å². The van der Waals surface area contributed by atoms with Crippen LogP contribution in [0.2, 0.25) is 0 Å². The minimum atomic E-state index is -0.241. The van der Waals surface area contributed by atoms with Gasteiger partial charge in [0.1, 0.15) is 6.61 Å². The first-order valence-corrected chi connectivity index (χ1v) is 9.99. The summed E-state index contributed by atoms with van der Waals surface area (Å²) < 4.78 is 5.40. The zero-order valence-corrected chi connectivity index (χ0v) is 17.1. The van der Waals surface area contributed by atoms with Crippen molar-refractivity contribution in [2.45, 2.75) is 32.3 Å². The average molecular weight is 402 g/mol. The first-order valence-electron chi connectivity index (χ1n) is 9.99. The smallest absolute Gasteiger partial charge is 0.159 e. The topological polar surface area (TPSA) is 81.0 Å². The van der Waals surface area contributed by atoms with Gasteiger partial charge in [-0.2, -0.15) is 0 Å². The number of aliphatic hydroxyl groups excluding tert-OH is 1. The molecule has 3 rings (SSSR count). The van der Waals surface area contributed by atoms with Gasteiger partial charge in [0.15, 0.2) is 17.4 Å². The van der Waals surface area contributed by atoms with Crippen LogP contribution >= 0.6 is 0 Å². The molecule has 1 aromatic carbocycles. The van der Waals surface area contributed by atoms with Crippen molar-refractivity contribution in [3.05, 3.63) is 73.3 Å². The Hall–Kier alpha value is -3.38. The van der Waals surface area contributed by atoms with E-state index in [2.05, 4.69) is 32.6 Å². The molecule has 2 heterocycles. The van der Waals surface area contributed by atoms with Crippen LogP contribution in [0.25, 0.3) is 28.9 Å². The molecule has 1 unspecified atom stereocenters. The Morgan fingerprint density at radius 1 is 0.967 bits per heavy atom. The Bertz CT molecular complexity index is 950. The number of rotatable bonds is 10. The lowest BCUT2D eigenvalue weighted by Crippen LogP contribution is -1.97. The van der Waals surface area contributed by atoms with Crippen LogP contribution in [-0.4, -0.2) is 37.8 Å². The Morgan fingerprint density at radius 2 is 1.53 bits per heavy atom. The third kappa shape index (κ3) is 6.32. The van der Waals surface area contributed by atoms with Crippen LogP contribution in [0.4, 0.5) is 0 Å². The minimum Gasteiger partial charge on any atom is -0.486 e. The van der Waals surface area contributed by atoms with Crippen molar-refractivity contribution in [2.75, 3.05) is 6.61 Å². The molecule has 0 fully saturated rings. The number of allylic oxidation sites excluding steroid dienone is 1. The van der Waals surface area contributed by atoms with Crippen LogP contribution in [-0.2, 0) is 0 Å². The predicted molar refractivity (Wildman–Crippen MR) is 119 cm³/mol. The zero-order chi connectivity index (χ0) is 21.2. The lowest BCUT2D eigenvalue weighted by atomic mass is 10.1. The molecule has 0 saturated carbocycles. The van der Waals surface area contributed by atoms with E-state index in [0.717, 1.165) is 36.0 Å². The number of unbranched alkanes of at least 4 members (excludes halogenated alkanes) is 1. The molecule has 0 bridgehead atoms. The number of aliphatic hydroxyl groups is 1. The van der Waals surface area contributed by atoms with E-state index >= 15 is 0 Å². The van der Waals surface area contributed by atoms with E-state index in [9.17, 15) is 5.11 Å². The molecule has 3 aromatic rings. The summed E-state index contributed by atoms with van der Waals surface area (Å²) in [6, 6.07) is 7.83. The zero-order valence-electron chi connectivity index (χ0n) is 17.1. The van der Waals surface area contributed by atoms with Crippen LogP contribution in [0.5, 0.6) is 5.75 Å². The third-order valence-electron chi connectivity index (χ3n) is 4.37. The summed E-state index contributed by atoms with van der Waals surface area (Å²) in [4.78, 5) is 17.6. The number of hydrogen-bond donors (Lipinski definition) is 1. The molecule has 0 aliphatic heterocycles. The maximum atomic E-state index is 9.27. The Balaban J connectivity index is 1.60. The summed E-state index contributed by atoms with van der Waals surface area (Å²) in [5.41, 5.74) is 2.79. The Morgan fingerprint density at radius 3 is 2.07 bits per heavy atom. The molecule has 0 amide bonds. The fourth-order valence-corrected chi connectivity index (χ4v) is 2.79. The molecule has 154 valence electrons. The van der Waals surface area contributed by atoms with E-state index < -0.39 is 0 Å². The van der Waals surface area contributed by atoms with Gasteiger partial charge in [-0.05, 0) is 26.2 Å². The quantitative estimate of drug-likeness (QED) is 0.390. The summed E-state index contributed by atoms with van der Waals surface area (Å²) >= 11 is 0. The third-order valence-corrected chi connectivity index (χ3v) is 4.37. The lowest BCUT2D eigenvalue weighted by Gasteiger charge is -2.05. The Labute approximate surface area is 177 Å². The second kappa shape index (κ2) is 11.0. The number of ether oxygens (including phenoxy) is 1. The fourth-order valence-electron chi connectivity index (χ4n) is 2.79. The molecule has 30 heavy (non-hydrogen) atoms. The highest BCUT2D eigenvalue weighted by atomic mass is 16.5. The van der Waals surface area contributed by atoms with Crippen molar-refractivity contribution in [1.82, 2.24) is 19.9 Å². The summed E-state index contributed by atoms with van der Waals surface area (Å²) in [5, 5.41) is 9.27. The molecular weight excluding hydrogens is 376 g/mol. The normalized spacial score (nSPS) is 12.1. The van der Waals surface area contributed by atoms with Crippen LogP contribution in [0.3, 0.4) is 0 Å². The number of aromatic nitrogens is 4. The van der Waals surface area contributed by atoms with Crippen molar-refractivity contribution in [1.29, 1.82) is 0 Å². The van der Waals surface area contributed by atoms with Gasteiger partial charge in [0.25, 0.3) is 0 Å². The summed E-state index contributed by atoms with van der Waals surface area (Å²) in [6.45, 7) is 5.85. The minimum absolute atomic E-state index is 0.241. The van der Waals surface area contributed by atoms with E-state index in [1.54, 1.807) is 18.5 Å². The maximum absolute atomic E-state index is 9.27. The average Bonchev–Trinajstić information content (AvgIpc) is 2.78. The molecule has 0 saturated heterocycles. The van der Waals surface area contributed by atoms with Crippen molar-refractivity contribution in [3.63, 3.8) is 0 Å². The number of nitrogens with zero attached hydrogens (tertiary/aromatic N) is 4. The van der Waals surface area contributed by atoms with E-state index in [0.29, 0.717) is 24.0 Å². The van der Waals surface area contributed by atoms with Gasteiger partial charge in [-0.15, -0.1) is 0 Å². The first-order chi connectivity index (χ1) is 14.7. The van der Waals surface area contributed by atoms with E-state index in [1.807, 2.05) is 49.7 Å². The molecule has 0 spiro atoms. The SMILES string of the molecule is C=CCOc1cnc(-c2ccc(-c3ncc(C=CCCCC(C)O)cn3)cc2)nc1. The molecule has 0 aliphatic carbocycles. The van der Waals surface area contributed by atoms with E-state index in [4.69, 9.17) is 4.74 Å². The molecule has 2 aromatic heterocycles. The fraction of sp³-hybridized carbons (Fsp3) is 0.250. The molecule has 1 atom stereocenters. The highest BCUT2D eigenvalue weighted by molar-refractivity contribution is 5.63. The molecular formula is C24H26N4O2. The standard InChI is InChI=1S/C24H26N4O2/c1-3-13-30-22-16-27-24(28-17-22)21-11-9-20(10-12-21)23-25-14-19(15-26-23)8-6-4-5-7-18(2)29/h3,6,8-12,14-18,29H,1,4-5,7,13H2,2H3. The van der Waals surface area contributed by atoms with Gasteiger partial charge < -0.3 is 9.84 Å². The van der Waals surface area contributed by atoms with Crippen LogP contribution in [0, 0.1) is 0 Å². The van der Waals surface area contributed by atoms with Gasteiger partial charge in [-0.1, -0.05) is 49.1 Å². The van der Waals surface area contributed by atoms with Crippen molar-refractivity contribution < 1.29 is 9.84 Å².